The lowest BCUT2D eigenvalue weighted by molar-refractivity contribution is -0.139. The highest BCUT2D eigenvalue weighted by Gasteiger charge is 2.27. The molecule has 8 nitrogen and oxygen atoms in total. The molecule has 4 rings (SSSR count). The fourth-order valence-electron chi connectivity index (χ4n) is 3.61. The molecule has 38 heavy (non-hydrogen) atoms. The lowest BCUT2D eigenvalue weighted by Gasteiger charge is -2.15. The van der Waals surface area contributed by atoms with Crippen LogP contribution in [0.2, 0.25) is 0 Å². The smallest absolute Gasteiger partial charge is 0.392 e. The Balaban J connectivity index is 1.86. The Morgan fingerprint density at radius 3 is 2.53 bits per heavy atom. The topological polar surface area (TPSA) is 102 Å². The van der Waals surface area contributed by atoms with Crippen LogP contribution in [0.15, 0.2) is 71.2 Å². The van der Waals surface area contributed by atoms with Crippen molar-refractivity contribution in [2.75, 3.05) is 13.7 Å². The van der Waals surface area contributed by atoms with E-state index in [2.05, 4.69) is 20.1 Å². The number of benzene rings is 1. The summed E-state index contributed by atoms with van der Waals surface area (Å²) in [5.74, 6) is -0.283. The largest absolute Gasteiger partial charge is 0.477 e. The van der Waals surface area contributed by atoms with Gasteiger partial charge in [0.25, 0.3) is 5.56 Å². The van der Waals surface area contributed by atoms with Crippen molar-refractivity contribution in [3.05, 3.63) is 76.8 Å². The molecule has 1 aromatic carbocycles. The molecule has 0 radical (unpaired) electrons. The van der Waals surface area contributed by atoms with E-state index in [1.807, 2.05) is 0 Å². The molecule has 0 bridgehead atoms. The molecule has 1 aliphatic carbocycles. The summed E-state index contributed by atoms with van der Waals surface area (Å²) < 4.78 is 73.4. The van der Waals surface area contributed by atoms with E-state index in [1.165, 1.54) is 48.6 Å². The Hall–Kier alpha value is -4.55. The van der Waals surface area contributed by atoms with E-state index >= 15 is 0 Å². The van der Waals surface area contributed by atoms with E-state index in [0.29, 0.717) is 11.3 Å². The maximum Gasteiger partial charge on any atom is 0.392 e. The van der Waals surface area contributed by atoms with Gasteiger partial charge in [-0.1, -0.05) is 12.1 Å². The number of halogens is 5. The van der Waals surface area contributed by atoms with Gasteiger partial charge in [-0.2, -0.15) is 31.7 Å². The van der Waals surface area contributed by atoms with Crippen molar-refractivity contribution >= 4 is 22.4 Å². The first-order valence-corrected chi connectivity index (χ1v) is 11.1. The van der Waals surface area contributed by atoms with E-state index in [0.717, 1.165) is 4.68 Å². The zero-order valence-corrected chi connectivity index (χ0v) is 19.7. The van der Waals surface area contributed by atoms with Crippen LogP contribution in [0.5, 0.6) is 11.6 Å². The predicted molar refractivity (Wildman–Crippen MR) is 130 cm³/mol. The van der Waals surface area contributed by atoms with Gasteiger partial charge in [-0.3, -0.25) is 4.79 Å². The Bertz CT molecular complexity index is 1510. The molecular weight excluding hydrogens is 513 g/mol. The third-order valence-electron chi connectivity index (χ3n) is 5.28. The number of pyridine rings is 1. The van der Waals surface area contributed by atoms with Crippen LogP contribution in [0.4, 0.5) is 22.0 Å². The molecule has 1 aliphatic rings. The average Bonchev–Trinajstić information content (AvgIpc) is 2.85. The molecule has 2 aromatic heterocycles. The maximum absolute atomic E-state index is 13.7. The molecule has 13 heteroatoms. The van der Waals surface area contributed by atoms with E-state index in [1.54, 1.807) is 19.3 Å². The second-order valence-electron chi connectivity index (χ2n) is 7.93. The van der Waals surface area contributed by atoms with E-state index < -0.39 is 31.4 Å². The minimum absolute atomic E-state index is 0.00830. The number of nitrogens with one attached hydrogen (secondary N) is 2. The molecule has 0 aliphatic heterocycles. The van der Waals surface area contributed by atoms with Crippen molar-refractivity contribution < 1.29 is 31.4 Å². The summed E-state index contributed by atoms with van der Waals surface area (Å²) in [4.78, 5) is 17.9. The van der Waals surface area contributed by atoms with Gasteiger partial charge >= 0.3 is 12.8 Å². The van der Waals surface area contributed by atoms with Gasteiger partial charge in [0.1, 0.15) is 16.8 Å². The first kappa shape index (κ1) is 26.5. The quantitative estimate of drug-likeness (QED) is 0.399. The molecular formula is C25H20F5N5O3. The molecule has 0 fully saturated rings. The minimum Gasteiger partial charge on any atom is -0.477 e. The van der Waals surface area contributed by atoms with Crippen LogP contribution in [0.1, 0.15) is 6.42 Å². The normalized spacial score (nSPS) is 14.8. The van der Waals surface area contributed by atoms with E-state index in [4.69, 9.17) is 10.1 Å². The van der Waals surface area contributed by atoms with Crippen LogP contribution in [-0.4, -0.2) is 46.9 Å². The van der Waals surface area contributed by atoms with Gasteiger partial charge in [-0.05, 0) is 42.0 Å². The Kier molecular flexibility index (Phi) is 7.55. The highest BCUT2D eigenvalue weighted by atomic mass is 19.4. The summed E-state index contributed by atoms with van der Waals surface area (Å²) in [6.07, 6.45) is 0.557. The van der Waals surface area contributed by atoms with Crippen LogP contribution in [-0.2, 0) is 0 Å². The predicted octanol–water partition coefficient (Wildman–Crippen LogP) is 4.92. The lowest BCUT2D eigenvalue weighted by Crippen LogP contribution is -2.25. The summed E-state index contributed by atoms with van der Waals surface area (Å²) in [5, 5.41) is 15.2. The molecule has 0 unspecified atom stereocenters. The van der Waals surface area contributed by atoms with Crippen LogP contribution in [0.3, 0.4) is 0 Å². The number of aromatic nitrogens is 3. The van der Waals surface area contributed by atoms with E-state index in [9.17, 15) is 26.7 Å². The maximum atomic E-state index is 13.7. The number of hydrogen-bond donors (Lipinski definition) is 2. The number of allylic oxidation sites excluding steroid dienone is 5. The van der Waals surface area contributed by atoms with Gasteiger partial charge in [0, 0.05) is 24.9 Å². The molecule has 2 heterocycles. The van der Waals surface area contributed by atoms with Gasteiger partial charge in [0.05, 0.1) is 30.0 Å². The molecule has 0 amide bonds. The molecule has 0 spiro atoms. The highest BCUT2D eigenvalue weighted by Crippen LogP contribution is 2.29. The molecule has 0 saturated heterocycles. The zero-order valence-electron chi connectivity index (χ0n) is 19.7. The minimum atomic E-state index is -4.42. The molecule has 198 valence electrons. The van der Waals surface area contributed by atoms with Crippen LogP contribution in [0.25, 0.3) is 27.9 Å². The number of nitrogens with zero attached hydrogens (tertiary/aromatic N) is 3. The van der Waals surface area contributed by atoms with Crippen molar-refractivity contribution in [1.82, 2.24) is 20.1 Å². The van der Waals surface area contributed by atoms with Crippen LogP contribution >= 0.6 is 0 Å². The zero-order chi connectivity index (χ0) is 27.4. The fourth-order valence-corrected chi connectivity index (χ4v) is 3.61. The summed E-state index contributed by atoms with van der Waals surface area (Å²) in [6.45, 7) is -3.72. The second kappa shape index (κ2) is 10.8. The number of ether oxygens (including phenoxy) is 2. The fraction of sp³-hybridized carbons (Fsp3) is 0.200. The number of hydrogen-bond acceptors (Lipinski definition) is 7. The first-order valence-electron chi connectivity index (χ1n) is 11.1. The van der Waals surface area contributed by atoms with Crippen molar-refractivity contribution in [2.24, 2.45) is 0 Å². The van der Waals surface area contributed by atoms with Gasteiger partial charge in [-0.15, -0.1) is 0 Å². The molecule has 3 aromatic rings. The number of alkyl halides is 5. The second-order valence-corrected chi connectivity index (χ2v) is 7.93. The van der Waals surface area contributed by atoms with Gasteiger partial charge in [-0.25, -0.2) is 4.98 Å². The number of rotatable bonds is 8. The Morgan fingerprint density at radius 2 is 1.87 bits per heavy atom. The third-order valence-corrected chi connectivity index (χ3v) is 5.28. The highest BCUT2D eigenvalue weighted by molar-refractivity contribution is 6.12. The van der Waals surface area contributed by atoms with Gasteiger partial charge in [0.15, 0.2) is 0 Å². The summed E-state index contributed by atoms with van der Waals surface area (Å²) in [7, 11) is 1.66. The van der Waals surface area contributed by atoms with Crippen molar-refractivity contribution in [3.8, 4) is 22.8 Å². The molecule has 0 atom stereocenters. The standard InChI is InChI=1S/C25H20F5N5O3/c1-32-13-15-12-16(4-7-18(15)31)35-23(36)21(14-2-5-17(6-3-14)38-24(26)27)22-19(34-35)8-9-20(33-22)37-11-10-25(28,29)30/h2-9,12-13,24,31-32H,10-11H2,1H3/b15-13-,31-18?. The van der Waals surface area contributed by atoms with E-state index in [-0.39, 0.29) is 39.5 Å². The van der Waals surface area contributed by atoms with Crippen molar-refractivity contribution in [2.45, 2.75) is 19.2 Å². The lowest BCUT2D eigenvalue weighted by atomic mass is 10.0. The first-order chi connectivity index (χ1) is 18.1. The summed E-state index contributed by atoms with van der Waals surface area (Å²) in [6, 6.07) is 8.02. The number of fused-ring (bicyclic) bond motifs is 1. The van der Waals surface area contributed by atoms with Crippen LogP contribution in [0, 0.1) is 5.41 Å². The van der Waals surface area contributed by atoms with Crippen LogP contribution < -0.4 is 20.3 Å². The monoisotopic (exact) mass is 533 g/mol. The summed E-state index contributed by atoms with van der Waals surface area (Å²) in [5.41, 5.74) is 0.911. The molecule has 0 saturated carbocycles. The molecule has 2 N–H and O–H groups in total. The summed E-state index contributed by atoms with van der Waals surface area (Å²) >= 11 is 0. The van der Waals surface area contributed by atoms with Crippen molar-refractivity contribution in [1.29, 1.82) is 5.41 Å². The van der Waals surface area contributed by atoms with Gasteiger partial charge in [0.2, 0.25) is 5.88 Å². The Labute approximate surface area is 212 Å². The Morgan fingerprint density at radius 1 is 1.13 bits per heavy atom. The van der Waals surface area contributed by atoms with Gasteiger partial charge < -0.3 is 20.2 Å². The SMILES string of the molecule is CN/C=C1/C=C(n2nc3ccc(OCCC(F)(F)F)nc3c(-c3ccc(OC(F)F)cc3)c2=O)C=CC1=N. The van der Waals surface area contributed by atoms with Crippen molar-refractivity contribution in [3.63, 3.8) is 0 Å². The average molecular weight is 533 g/mol. The third kappa shape index (κ3) is 6.05.